The van der Waals surface area contributed by atoms with Gasteiger partial charge >= 0.3 is 0 Å². The molecule has 0 saturated carbocycles. The van der Waals surface area contributed by atoms with Crippen molar-refractivity contribution in [3.05, 3.63) is 24.3 Å². The topological polar surface area (TPSA) is 70.8 Å². The molecule has 0 aliphatic carbocycles. The summed E-state index contributed by atoms with van der Waals surface area (Å²) in [4.78, 5) is 22.1. The maximum absolute atomic E-state index is 12.7. The molecule has 164 valence electrons. The molecule has 2 saturated heterocycles. The van der Waals surface area contributed by atoms with Crippen molar-refractivity contribution in [3.63, 3.8) is 0 Å². The Bertz CT molecular complexity index is 824. The summed E-state index contributed by atoms with van der Waals surface area (Å²) < 4.78 is 11.4. The number of amides is 1. The van der Waals surface area contributed by atoms with Crippen LogP contribution in [0.15, 0.2) is 28.7 Å². The summed E-state index contributed by atoms with van der Waals surface area (Å²) in [5.74, 6) is 0.232. The molecule has 1 atom stereocenters. The lowest BCUT2D eigenvalue weighted by Gasteiger charge is -2.41. The summed E-state index contributed by atoms with van der Waals surface area (Å²) in [5, 5.41) is 3.09. The van der Waals surface area contributed by atoms with Gasteiger partial charge in [0.2, 0.25) is 5.91 Å². The largest absolute Gasteiger partial charge is 0.423 e. The minimum atomic E-state index is -0.332. The van der Waals surface area contributed by atoms with Crippen LogP contribution in [0.2, 0.25) is 0 Å². The summed E-state index contributed by atoms with van der Waals surface area (Å²) in [6.07, 6.45) is 4.20. The second-order valence-corrected chi connectivity index (χ2v) is 9.20. The first-order valence-corrected chi connectivity index (χ1v) is 11.1. The molecule has 2 aromatic rings. The Morgan fingerprint density at radius 3 is 2.73 bits per heavy atom. The highest BCUT2D eigenvalue weighted by Crippen LogP contribution is 2.28. The number of rotatable bonds is 6. The number of carbonyl (C=O) groups is 1. The van der Waals surface area contributed by atoms with Crippen molar-refractivity contribution in [2.24, 2.45) is 5.92 Å². The Labute approximate surface area is 178 Å². The number of anilines is 1. The Kier molecular flexibility index (Phi) is 6.29. The summed E-state index contributed by atoms with van der Waals surface area (Å²) in [6, 6.07) is 9.17. The molecule has 0 radical (unpaired) electrons. The van der Waals surface area contributed by atoms with Gasteiger partial charge in [0.1, 0.15) is 5.52 Å². The highest BCUT2D eigenvalue weighted by molar-refractivity contribution is 5.79. The van der Waals surface area contributed by atoms with Crippen LogP contribution in [-0.2, 0) is 9.53 Å². The molecule has 1 aromatic carbocycles. The van der Waals surface area contributed by atoms with Crippen LogP contribution in [0.3, 0.4) is 0 Å². The molecule has 2 fully saturated rings. The van der Waals surface area contributed by atoms with E-state index in [9.17, 15) is 4.79 Å². The first-order chi connectivity index (χ1) is 14.4. The molecule has 30 heavy (non-hydrogen) atoms. The van der Waals surface area contributed by atoms with Gasteiger partial charge in [0.25, 0.3) is 6.01 Å². The highest BCUT2D eigenvalue weighted by atomic mass is 16.5. The van der Waals surface area contributed by atoms with Crippen LogP contribution in [0.1, 0.15) is 39.5 Å². The van der Waals surface area contributed by atoms with Crippen molar-refractivity contribution in [2.75, 3.05) is 44.7 Å². The van der Waals surface area contributed by atoms with Gasteiger partial charge < -0.3 is 19.4 Å². The summed E-state index contributed by atoms with van der Waals surface area (Å²) in [7, 11) is 1.68. The lowest BCUT2D eigenvalue weighted by atomic mass is 9.93. The number of carbonyl (C=O) groups excluding carboxylic acids is 1. The van der Waals surface area contributed by atoms with E-state index < -0.39 is 0 Å². The van der Waals surface area contributed by atoms with Gasteiger partial charge in [-0.25, -0.2) is 0 Å². The molecule has 2 aliphatic heterocycles. The van der Waals surface area contributed by atoms with Gasteiger partial charge in [-0.1, -0.05) is 12.1 Å². The first-order valence-electron chi connectivity index (χ1n) is 11.1. The fraction of sp³-hybridized carbons (Fsp3) is 0.652. The number of ether oxygens (including phenoxy) is 1. The van der Waals surface area contributed by atoms with E-state index in [4.69, 9.17) is 9.15 Å². The van der Waals surface area contributed by atoms with Crippen LogP contribution in [0, 0.1) is 5.92 Å². The van der Waals surface area contributed by atoms with Crippen molar-refractivity contribution in [2.45, 2.75) is 51.2 Å². The zero-order chi connectivity index (χ0) is 21.1. The lowest BCUT2D eigenvalue weighted by molar-refractivity contribution is -0.128. The SMILES string of the molecule is COC(C)(C)CNC(=O)C1CCCN(C2CCN(c3nc4ccccc4o3)CC2)C1. The van der Waals surface area contributed by atoms with Crippen LogP contribution in [0.5, 0.6) is 0 Å². The molecule has 0 spiro atoms. The number of hydrogen-bond acceptors (Lipinski definition) is 6. The molecule has 1 aromatic heterocycles. The van der Waals surface area contributed by atoms with Crippen LogP contribution < -0.4 is 10.2 Å². The Morgan fingerprint density at radius 2 is 2.00 bits per heavy atom. The molecule has 3 heterocycles. The van der Waals surface area contributed by atoms with Crippen LogP contribution >= 0.6 is 0 Å². The summed E-state index contributed by atoms with van der Waals surface area (Å²) >= 11 is 0. The smallest absolute Gasteiger partial charge is 0.298 e. The number of nitrogens with one attached hydrogen (secondary N) is 1. The van der Waals surface area contributed by atoms with E-state index in [0.717, 1.165) is 69.0 Å². The van der Waals surface area contributed by atoms with Gasteiger partial charge in [-0.3, -0.25) is 9.69 Å². The van der Waals surface area contributed by atoms with E-state index >= 15 is 0 Å². The monoisotopic (exact) mass is 414 g/mol. The second-order valence-electron chi connectivity index (χ2n) is 9.20. The normalized spacial score (nSPS) is 21.8. The molecule has 7 heteroatoms. The van der Waals surface area contributed by atoms with Gasteiger partial charge in [-0.15, -0.1) is 0 Å². The first kappa shape index (κ1) is 21.1. The van der Waals surface area contributed by atoms with Crippen molar-refractivity contribution in [1.82, 2.24) is 15.2 Å². The molecule has 1 amide bonds. The average molecular weight is 415 g/mol. The van der Waals surface area contributed by atoms with Crippen molar-refractivity contribution in [1.29, 1.82) is 0 Å². The van der Waals surface area contributed by atoms with E-state index in [2.05, 4.69) is 20.1 Å². The zero-order valence-corrected chi connectivity index (χ0v) is 18.4. The van der Waals surface area contributed by atoms with Gasteiger partial charge in [0, 0.05) is 39.3 Å². The predicted octanol–water partition coefficient (Wildman–Crippen LogP) is 3.05. The number of piperidine rings is 2. The molecule has 1 N–H and O–H groups in total. The van der Waals surface area contributed by atoms with Crippen molar-refractivity contribution >= 4 is 23.0 Å². The molecule has 7 nitrogen and oxygen atoms in total. The minimum Gasteiger partial charge on any atom is -0.423 e. The standard InChI is InChI=1S/C23H34N4O3/c1-23(2,29-3)16-24-21(28)17-7-6-12-27(15-17)18-10-13-26(14-11-18)22-25-19-8-4-5-9-20(19)30-22/h4-5,8-9,17-18H,6-7,10-16H2,1-3H3,(H,24,28). The van der Waals surface area contributed by atoms with Crippen molar-refractivity contribution in [3.8, 4) is 0 Å². The average Bonchev–Trinajstić information content (AvgIpc) is 3.22. The van der Waals surface area contributed by atoms with E-state index in [-0.39, 0.29) is 17.4 Å². The fourth-order valence-electron chi connectivity index (χ4n) is 4.49. The quantitative estimate of drug-likeness (QED) is 0.783. The third-order valence-electron chi connectivity index (χ3n) is 6.60. The fourth-order valence-corrected chi connectivity index (χ4v) is 4.49. The summed E-state index contributed by atoms with van der Waals surface area (Å²) in [6.45, 7) is 8.34. The third kappa shape index (κ3) is 4.78. The molecule has 2 aliphatic rings. The number of nitrogens with zero attached hydrogens (tertiary/aromatic N) is 3. The number of methoxy groups -OCH3 is 1. The van der Waals surface area contributed by atoms with E-state index in [1.807, 2.05) is 38.1 Å². The maximum atomic E-state index is 12.7. The number of benzene rings is 1. The predicted molar refractivity (Wildman–Crippen MR) is 118 cm³/mol. The Hall–Kier alpha value is -2.12. The van der Waals surface area contributed by atoms with Crippen molar-refractivity contribution < 1.29 is 13.9 Å². The number of hydrogen-bond donors (Lipinski definition) is 1. The Morgan fingerprint density at radius 1 is 1.23 bits per heavy atom. The number of oxazole rings is 1. The molecular weight excluding hydrogens is 380 g/mol. The van der Waals surface area contributed by atoms with E-state index in [1.54, 1.807) is 7.11 Å². The van der Waals surface area contributed by atoms with E-state index in [0.29, 0.717) is 12.6 Å². The van der Waals surface area contributed by atoms with E-state index in [1.165, 1.54) is 0 Å². The van der Waals surface area contributed by atoms with Gasteiger partial charge in [-0.05, 0) is 58.2 Å². The number of likely N-dealkylation sites (tertiary alicyclic amines) is 1. The summed E-state index contributed by atoms with van der Waals surface area (Å²) in [5.41, 5.74) is 1.42. The molecular formula is C23H34N4O3. The zero-order valence-electron chi connectivity index (χ0n) is 18.4. The molecule has 4 rings (SSSR count). The Balaban J connectivity index is 1.29. The lowest BCUT2D eigenvalue weighted by Crippen LogP contribution is -2.51. The highest BCUT2D eigenvalue weighted by Gasteiger charge is 2.33. The van der Waals surface area contributed by atoms with Gasteiger partial charge in [0.15, 0.2) is 5.58 Å². The van der Waals surface area contributed by atoms with Gasteiger partial charge in [0.05, 0.1) is 11.5 Å². The van der Waals surface area contributed by atoms with Crippen LogP contribution in [0.25, 0.3) is 11.1 Å². The van der Waals surface area contributed by atoms with Crippen LogP contribution in [-0.4, -0.2) is 67.3 Å². The van der Waals surface area contributed by atoms with Gasteiger partial charge in [-0.2, -0.15) is 4.98 Å². The number of para-hydroxylation sites is 2. The van der Waals surface area contributed by atoms with Crippen LogP contribution in [0.4, 0.5) is 6.01 Å². The maximum Gasteiger partial charge on any atom is 0.298 e. The number of aromatic nitrogens is 1. The number of fused-ring (bicyclic) bond motifs is 1. The third-order valence-corrected chi connectivity index (χ3v) is 6.60. The minimum absolute atomic E-state index is 0.0708. The second kappa shape index (κ2) is 8.94. The molecule has 0 bridgehead atoms. The molecule has 1 unspecified atom stereocenters.